The van der Waals surface area contributed by atoms with E-state index in [0.29, 0.717) is 11.5 Å². The third kappa shape index (κ3) is 4.90. The molecule has 2 rings (SSSR count). The zero-order chi connectivity index (χ0) is 16.0. The molecule has 0 saturated carbocycles. The van der Waals surface area contributed by atoms with Gasteiger partial charge in [0.1, 0.15) is 11.5 Å². The third-order valence-corrected chi connectivity index (χ3v) is 4.61. The maximum absolute atomic E-state index is 13.0. The summed E-state index contributed by atoms with van der Waals surface area (Å²) in [7, 11) is -3.77. The molecule has 0 aliphatic rings. The largest absolute Gasteiger partial charge is 0.587 e. The fourth-order valence-corrected chi connectivity index (χ4v) is 3.14. The van der Waals surface area contributed by atoms with Gasteiger partial charge in [-0.05, 0) is 37.1 Å². The second kappa shape index (κ2) is 7.48. The molecule has 1 unspecified atom stereocenters. The molecule has 5 heteroatoms. The monoisotopic (exact) mass is 320 g/mol. The van der Waals surface area contributed by atoms with Crippen molar-refractivity contribution in [2.45, 2.75) is 26.9 Å². The minimum Gasteiger partial charge on any atom is -0.395 e. The Hall–Kier alpha value is -1.77. The van der Waals surface area contributed by atoms with E-state index in [0.717, 1.165) is 0 Å². The average Bonchev–Trinajstić information content (AvgIpc) is 2.48. The summed E-state index contributed by atoms with van der Waals surface area (Å²) in [5.41, 5.74) is 0. The zero-order valence-electron chi connectivity index (χ0n) is 13.0. The highest BCUT2D eigenvalue weighted by molar-refractivity contribution is 7.49. The van der Waals surface area contributed by atoms with Crippen molar-refractivity contribution < 1.29 is 18.1 Å². The van der Waals surface area contributed by atoms with Gasteiger partial charge in [-0.15, -0.1) is 0 Å². The van der Waals surface area contributed by atoms with Gasteiger partial charge in [0.15, 0.2) is 0 Å². The van der Waals surface area contributed by atoms with E-state index in [4.69, 9.17) is 13.6 Å². The minimum atomic E-state index is -3.77. The number of phosphoric ester groups is 1. The van der Waals surface area contributed by atoms with Crippen molar-refractivity contribution >= 4 is 7.82 Å². The number of phosphoric acid groups is 1. The molecule has 22 heavy (non-hydrogen) atoms. The van der Waals surface area contributed by atoms with Crippen LogP contribution in [0.3, 0.4) is 0 Å². The average molecular weight is 320 g/mol. The first-order valence-electron chi connectivity index (χ1n) is 7.26. The van der Waals surface area contributed by atoms with Crippen molar-refractivity contribution in [3.05, 3.63) is 60.7 Å². The molecule has 2 aromatic carbocycles. The molecule has 0 spiro atoms. The Morgan fingerprint density at radius 3 is 1.55 bits per heavy atom. The van der Waals surface area contributed by atoms with Gasteiger partial charge >= 0.3 is 7.82 Å². The second-order valence-corrected chi connectivity index (χ2v) is 6.78. The van der Waals surface area contributed by atoms with E-state index in [-0.39, 0.29) is 12.0 Å². The van der Waals surface area contributed by atoms with Gasteiger partial charge in [-0.3, -0.25) is 4.52 Å². The zero-order valence-corrected chi connectivity index (χ0v) is 13.9. The quantitative estimate of drug-likeness (QED) is 0.648. The SMILES string of the molecule is CC(C)C(C)OP(=O)(Oc1ccccc1)Oc1ccccc1. The molecule has 0 amide bonds. The Morgan fingerprint density at radius 2 is 1.18 bits per heavy atom. The van der Waals surface area contributed by atoms with Crippen LogP contribution in [0, 0.1) is 5.92 Å². The highest BCUT2D eigenvalue weighted by atomic mass is 31.2. The molecular formula is C17H21O4P. The van der Waals surface area contributed by atoms with Gasteiger partial charge in [-0.25, -0.2) is 4.57 Å². The molecule has 0 heterocycles. The summed E-state index contributed by atoms with van der Waals surface area (Å²) in [5, 5.41) is 0. The summed E-state index contributed by atoms with van der Waals surface area (Å²) in [6, 6.07) is 17.8. The molecule has 4 nitrogen and oxygen atoms in total. The van der Waals surface area contributed by atoms with Gasteiger partial charge in [0.25, 0.3) is 0 Å². The van der Waals surface area contributed by atoms with E-state index in [2.05, 4.69) is 0 Å². The Bertz CT molecular complexity index is 568. The first-order valence-corrected chi connectivity index (χ1v) is 8.72. The first kappa shape index (κ1) is 16.6. The summed E-state index contributed by atoms with van der Waals surface area (Å²) in [6.07, 6.45) is -0.266. The molecule has 0 fully saturated rings. The van der Waals surface area contributed by atoms with Crippen LogP contribution in [0.2, 0.25) is 0 Å². The molecule has 0 bridgehead atoms. The number of hydrogen-bond acceptors (Lipinski definition) is 4. The van der Waals surface area contributed by atoms with Crippen molar-refractivity contribution in [1.29, 1.82) is 0 Å². The predicted molar refractivity (Wildman–Crippen MR) is 87.1 cm³/mol. The van der Waals surface area contributed by atoms with Crippen LogP contribution < -0.4 is 9.05 Å². The maximum Gasteiger partial charge on any atom is 0.587 e. The van der Waals surface area contributed by atoms with Crippen LogP contribution >= 0.6 is 7.82 Å². The van der Waals surface area contributed by atoms with Gasteiger partial charge in [-0.1, -0.05) is 50.2 Å². The molecule has 2 aromatic rings. The van der Waals surface area contributed by atoms with Crippen molar-refractivity contribution in [3.8, 4) is 11.5 Å². The maximum atomic E-state index is 13.0. The first-order chi connectivity index (χ1) is 10.5. The molecule has 0 saturated heterocycles. The van der Waals surface area contributed by atoms with Crippen LogP contribution in [0.5, 0.6) is 11.5 Å². The molecular weight excluding hydrogens is 299 g/mol. The molecule has 0 aliphatic heterocycles. The van der Waals surface area contributed by atoms with E-state index in [9.17, 15) is 4.57 Å². The standard InChI is InChI=1S/C17H21O4P/c1-14(2)15(3)19-22(18,20-16-10-6-4-7-11-16)21-17-12-8-5-9-13-17/h4-15H,1-3H3. The lowest BCUT2D eigenvalue weighted by molar-refractivity contribution is 0.121. The van der Waals surface area contributed by atoms with Crippen LogP contribution in [0.4, 0.5) is 0 Å². The van der Waals surface area contributed by atoms with Crippen LogP contribution in [-0.2, 0) is 9.09 Å². The molecule has 1 atom stereocenters. The predicted octanol–water partition coefficient (Wildman–Crippen LogP) is 5.31. The summed E-state index contributed by atoms with van der Waals surface area (Å²) >= 11 is 0. The summed E-state index contributed by atoms with van der Waals surface area (Å²) in [6.45, 7) is 5.82. The smallest absolute Gasteiger partial charge is 0.395 e. The van der Waals surface area contributed by atoms with E-state index in [1.165, 1.54) is 0 Å². The summed E-state index contributed by atoms with van der Waals surface area (Å²) in [4.78, 5) is 0. The van der Waals surface area contributed by atoms with Crippen LogP contribution in [0.15, 0.2) is 60.7 Å². The van der Waals surface area contributed by atoms with Crippen molar-refractivity contribution in [2.75, 3.05) is 0 Å². The summed E-state index contributed by atoms with van der Waals surface area (Å²) < 4.78 is 29.7. The second-order valence-electron chi connectivity index (χ2n) is 5.31. The van der Waals surface area contributed by atoms with Gasteiger partial charge in [0, 0.05) is 0 Å². The fraction of sp³-hybridized carbons (Fsp3) is 0.294. The number of para-hydroxylation sites is 2. The number of benzene rings is 2. The number of rotatable bonds is 7. The van der Waals surface area contributed by atoms with Crippen molar-refractivity contribution in [2.24, 2.45) is 5.92 Å². The summed E-state index contributed by atoms with van der Waals surface area (Å²) in [5.74, 6) is 1.07. The third-order valence-electron chi connectivity index (χ3n) is 3.16. The van der Waals surface area contributed by atoms with Gasteiger partial charge in [0.05, 0.1) is 6.10 Å². The topological polar surface area (TPSA) is 44.8 Å². The van der Waals surface area contributed by atoms with E-state index >= 15 is 0 Å². The Morgan fingerprint density at radius 1 is 0.773 bits per heavy atom. The lowest BCUT2D eigenvalue weighted by Gasteiger charge is -2.24. The van der Waals surface area contributed by atoms with Gasteiger partial charge in [0.2, 0.25) is 0 Å². The van der Waals surface area contributed by atoms with Crippen LogP contribution in [0.25, 0.3) is 0 Å². The Labute approximate surface area is 131 Å². The number of hydrogen-bond donors (Lipinski definition) is 0. The molecule has 0 radical (unpaired) electrons. The van der Waals surface area contributed by atoms with Crippen molar-refractivity contribution in [1.82, 2.24) is 0 Å². The van der Waals surface area contributed by atoms with Gasteiger partial charge < -0.3 is 9.05 Å². The molecule has 0 aliphatic carbocycles. The van der Waals surface area contributed by atoms with E-state index in [1.54, 1.807) is 48.5 Å². The highest BCUT2D eigenvalue weighted by Crippen LogP contribution is 2.51. The normalized spacial score (nSPS) is 12.9. The molecule has 0 N–H and O–H groups in total. The lowest BCUT2D eigenvalue weighted by Crippen LogP contribution is -2.17. The van der Waals surface area contributed by atoms with E-state index in [1.807, 2.05) is 32.9 Å². The fourth-order valence-electron chi connectivity index (χ4n) is 1.61. The Kier molecular flexibility index (Phi) is 5.64. The van der Waals surface area contributed by atoms with Crippen molar-refractivity contribution in [3.63, 3.8) is 0 Å². The Balaban J connectivity index is 2.21. The van der Waals surface area contributed by atoms with Crippen LogP contribution in [0.1, 0.15) is 20.8 Å². The minimum absolute atomic E-state index is 0.187. The molecule has 118 valence electrons. The highest BCUT2D eigenvalue weighted by Gasteiger charge is 2.34. The van der Waals surface area contributed by atoms with Crippen LogP contribution in [-0.4, -0.2) is 6.10 Å². The van der Waals surface area contributed by atoms with E-state index < -0.39 is 7.82 Å². The molecule has 0 aromatic heterocycles. The lowest BCUT2D eigenvalue weighted by atomic mass is 10.1. The van der Waals surface area contributed by atoms with Gasteiger partial charge in [-0.2, -0.15) is 0 Å².